The van der Waals surface area contributed by atoms with E-state index in [1.807, 2.05) is 60.7 Å². The van der Waals surface area contributed by atoms with Crippen molar-refractivity contribution in [3.8, 4) is 28.6 Å². The van der Waals surface area contributed by atoms with Gasteiger partial charge in [0.2, 0.25) is 0 Å². The van der Waals surface area contributed by atoms with E-state index in [0.29, 0.717) is 5.69 Å². The number of carbonyl (C=O) groups excluding carboxylic acids is 1. The number of fused-ring (bicyclic) bond motifs is 1. The summed E-state index contributed by atoms with van der Waals surface area (Å²) < 4.78 is 11.7. The predicted molar refractivity (Wildman–Crippen MR) is 116 cm³/mol. The molecule has 0 saturated carbocycles. The van der Waals surface area contributed by atoms with Gasteiger partial charge in [0, 0.05) is 11.9 Å². The molecule has 0 spiro atoms. The highest BCUT2D eigenvalue weighted by Gasteiger charge is 2.21. The van der Waals surface area contributed by atoms with Crippen molar-refractivity contribution in [2.75, 3.05) is 20.0 Å². The Hall–Kier alpha value is -4.24. The first-order chi connectivity index (χ1) is 14.5. The number of ether oxygens (including phenoxy) is 2. The molecule has 0 atom stereocenters. The van der Waals surface area contributed by atoms with Crippen LogP contribution in [0.2, 0.25) is 0 Å². The van der Waals surface area contributed by atoms with Crippen molar-refractivity contribution in [2.45, 2.75) is 0 Å². The zero-order valence-electron chi connectivity index (χ0n) is 16.5. The maximum Gasteiger partial charge on any atom is 0.357 e. The lowest BCUT2D eigenvalue weighted by molar-refractivity contribution is 0.0593. The van der Waals surface area contributed by atoms with Crippen molar-refractivity contribution < 1.29 is 14.3 Å². The first kappa shape index (κ1) is 19.1. The van der Waals surface area contributed by atoms with E-state index in [-0.39, 0.29) is 16.9 Å². The van der Waals surface area contributed by atoms with E-state index in [2.05, 4.69) is 6.07 Å². The molecule has 3 aromatic carbocycles. The van der Waals surface area contributed by atoms with Crippen LogP contribution in [-0.4, -0.2) is 24.8 Å². The molecule has 4 aromatic rings. The Morgan fingerprint density at radius 1 is 1.00 bits per heavy atom. The minimum absolute atomic E-state index is 0.106. The third-order valence-electron chi connectivity index (χ3n) is 5.05. The van der Waals surface area contributed by atoms with E-state index >= 15 is 0 Å². The number of anilines is 1. The van der Waals surface area contributed by atoms with Gasteiger partial charge >= 0.3 is 5.97 Å². The van der Waals surface area contributed by atoms with Crippen LogP contribution in [0.15, 0.2) is 66.9 Å². The van der Waals surface area contributed by atoms with E-state index in [1.54, 1.807) is 17.9 Å². The van der Waals surface area contributed by atoms with Crippen LogP contribution in [0.4, 0.5) is 5.69 Å². The summed E-state index contributed by atoms with van der Waals surface area (Å²) in [6.07, 6.45) is 1.55. The molecule has 6 nitrogen and oxygen atoms in total. The van der Waals surface area contributed by atoms with E-state index in [1.165, 1.54) is 7.11 Å². The molecule has 0 radical (unpaired) electrons. The summed E-state index contributed by atoms with van der Waals surface area (Å²) in [5.41, 5.74) is 9.17. The molecule has 1 aromatic heterocycles. The number of hydrogen-bond acceptors (Lipinski definition) is 5. The Morgan fingerprint density at radius 2 is 1.73 bits per heavy atom. The van der Waals surface area contributed by atoms with Crippen molar-refractivity contribution in [3.63, 3.8) is 0 Å². The predicted octanol–water partition coefficient (Wildman–Crippen LogP) is 4.55. The third-order valence-corrected chi connectivity index (χ3v) is 5.05. The zero-order valence-corrected chi connectivity index (χ0v) is 16.5. The molecule has 0 amide bonds. The number of rotatable bonds is 4. The molecule has 6 heteroatoms. The molecule has 0 aliphatic rings. The van der Waals surface area contributed by atoms with Gasteiger partial charge < -0.3 is 19.8 Å². The molecule has 0 fully saturated rings. The van der Waals surface area contributed by atoms with Crippen LogP contribution in [0.5, 0.6) is 5.75 Å². The van der Waals surface area contributed by atoms with Crippen molar-refractivity contribution in [1.29, 1.82) is 5.26 Å². The van der Waals surface area contributed by atoms with Crippen LogP contribution in [0.25, 0.3) is 27.6 Å². The summed E-state index contributed by atoms with van der Waals surface area (Å²) in [7, 11) is 2.93. The molecule has 0 saturated heterocycles. The van der Waals surface area contributed by atoms with Gasteiger partial charge in [0.05, 0.1) is 25.5 Å². The molecule has 0 aliphatic heterocycles. The standard InChI is InChI=1S/C24H19N3O3/c1-29-21-9-8-17-10-16(6-7-18(17)12-21)15-4-3-5-20(11-15)27-14-19(13-25)22(26)23(27)24(28)30-2/h3-12,14H,26H2,1-2H3. The summed E-state index contributed by atoms with van der Waals surface area (Å²) in [6.45, 7) is 0. The zero-order chi connectivity index (χ0) is 21.3. The summed E-state index contributed by atoms with van der Waals surface area (Å²) in [6, 6.07) is 21.8. The second kappa shape index (κ2) is 7.64. The highest BCUT2D eigenvalue weighted by atomic mass is 16.5. The number of hydrogen-bond donors (Lipinski definition) is 1. The maximum absolute atomic E-state index is 12.3. The Balaban J connectivity index is 1.82. The Morgan fingerprint density at radius 3 is 2.47 bits per heavy atom. The van der Waals surface area contributed by atoms with Crippen molar-refractivity contribution in [1.82, 2.24) is 4.57 Å². The van der Waals surface area contributed by atoms with Gasteiger partial charge in [-0.2, -0.15) is 5.26 Å². The lowest BCUT2D eigenvalue weighted by Crippen LogP contribution is -2.11. The highest BCUT2D eigenvalue weighted by molar-refractivity contribution is 5.96. The van der Waals surface area contributed by atoms with Gasteiger partial charge in [0.15, 0.2) is 5.69 Å². The second-order valence-electron chi connectivity index (χ2n) is 6.76. The monoisotopic (exact) mass is 397 g/mol. The first-order valence-corrected chi connectivity index (χ1v) is 9.23. The fraction of sp³-hybridized carbons (Fsp3) is 0.0833. The van der Waals surface area contributed by atoms with Gasteiger partial charge in [-0.15, -0.1) is 0 Å². The first-order valence-electron chi connectivity index (χ1n) is 9.23. The fourth-order valence-electron chi connectivity index (χ4n) is 3.48. The average molecular weight is 397 g/mol. The van der Waals surface area contributed by atoms with Crippen LogP contribution in [0.3, 0.4) is 0 Å². The molecule has 148 valence electrons. The number of nitrogen functional groups attached to an aromatic ring is 1. The van der Waals surface area contributed by atoms with Gasteiger partial charge in [-0.05, 0) is 52.2 Å². The average Bonchev–Trinajstić information content (AvgIpc) is 3.14. The summed E-state index contributed by atoms with van der Waals surface area (Å²) in [5.74, 6) is 0.213. The van der Waals surface area contributed by atoms with Gasteiger partial charge in [0.25, 0.3) is 0 Å². The maximum atomic E-state index is 12.3. The smallest absolute Gasteiger partial charge is 0.357 e. The van der Waals surface area contributed by atoms with E-state index in [9.17, 15) is 10.1 Å². The highest BCUT2D eigenvalue weighted by Crippen LogP contribution is 2.30. The largest absolute Gasteiger partial charge is 0.497 e. The molecule has 2 N–H and O–H groups in total. The molecule has 0 bridgehead atoms. The second-order valence-corrected chi connectivity index (χ2v) is 6.76. The number of methoxy groups -OCH3 is 2. The quantitative estimate of drug-likeness (QED) is 0.510. The Bertz CT molecular complexity index is 1320. The number of nitrogens with two attached hydrogens (primary N) is 1. The molecule has 0 aliphatic carbocycles. The lowest BCUT2D eigenvalue weighted by atomic mass is 10.0. The molecule has 30 heavy (non-hydrogen) atoms. The van der Waals surface area contributed by atoms with Crippen LogP contribution in [-0.2, 0) is 4.74 Å². The normalized spacial score (nSPS) is 10.6. The van der Waals surface area contributed by atoms with E-state index in [4.69, 9.17) is 15.2 Å². The number of esters is 1. The molecular weight excluding hydrogens is 378 g/mol. The van der Waals surface area contributed by atoms with Crippen LogP contribution >= 0.6 is 0 Å². The fourth-order valence-corrected chi connectivity index (χ4v) is 3.48. The molecule has 1 heterocycles. The minimum Gasteiger partial charge on any atom is -0.497 e. The number of benzene rings is 3. The number of carbonyl (C=O) groups is 1. The molecular formula is C24H19N3O3. The SMILES string of the molecule is COC(=O)c1c(N)c(C#N)cn1-c1cccc(-c2ccc3cc(OC)ccc3c2)c1. The van der Waals surface area contributed by atoms with Gasteiger partial charge in [0.1, 0.15) is 11.8 Å². The number of nitriles is 1. The van der Waals surface area contributed by atoms with E-state index in [0.717, 1.165) is 27.6 Å². The van der Waals surface area contributed by atoms with Crippen LogP contribution in [0, 0.1) is 11.3 Å². The Labute approximate surface area is 173 Å². The Kier molecular flexibility index (Phi) is 4.87. The molecule has 4 rings (SSSR count). The number of nitrogens with zero attached hydrogens (tertiary/aromatic N) is 2. The van der Waals surface area contributed by atoms with Gasteiger partial charge in [-0.25, -0.2) is 4.79 Å². The van der Waals surface area contributed by atoms with E-state index < -0.39 is 5.97 Å². The molecule has 0 unspecified atom stereocenters. The van der Waals surface area contributed by atoms with Crippen molar-refractivity contribution >= 4 is 22.4 Å². The van der Waals surface area contributed by atoms with Crippen LogP contribution < -0.4 is 10.5 Å². The van der Waals surface area contributed by atoms with Gasteiger partial charge in [-0.3, -0.25) is 0 Å². The van der Waals surface area contributed by atoms with Crippen LogP contribution in [0.1, 0.15) is 16.1 Å². The summed E-state index contributed by atoms with van der Waals surface area (Å²) in [5, 5.41) is 11.5. The topological polar surface area (TPSA) is 90.3 Å². The van der Waals surface area contributed by atoms with Gasteiger partial charge in [-0.1, -0.05) is 30.3 Å². The lowest BCUT2D eigenvalue weighted by Gasteiger charge is -2.11. The minimum atomic E-state index is -0.598. The summed E-state index contributed by atoms with van der Waals surface area (Å²) in [4.78, 5) is 12.3. The van der Waals surface area contributed by atoms with Crippen molar-refractivity contribution in [2.24, 2.45) is 0 Å². The third kappa shape index (κ3) is 3.23. The number of aromatic nitrogens is 1. The van der Waals surface area contributed by atoms with Crippen molar-refractivity contribution in [3.05, 3.63) is 78.1 Å². The summed E-state index contributed by atoms with van der Waals surface area (Å²) >= 11 is 0.